The minimum absolute atomic E-state index is 0.0716. The third-order valence-corrected chi connectivity index (χ3v) is 4.03. The first-order valence-electron chi connectivity index (χ1n) is 7.11. The third kappa shape index (κ3) is 2.41. The smallest absolute Gasteiger partial charge is 0.258 e. The first-order chi connectivity index (χ1) is 9.65. The standard InChI is InChI=1S/C15H20N4O/c1-11(2)18-5-7-19(8-6-18)12-3-4-14-13(9-12)15(20)17-10-16-14/h3-4,9-11H,5-8H2,1-2H3,(H,16,17,20). The Hall–Kier alpha value is -1.88. The molecule has 0 aliphatic carbocycles. The largest absolute Gasteiger partial charge is 0.369 e. The van der Waals surface area contributed by atoms with E-state index in [9.17, 15) is 4.79 Å². The van der Waals surface area contributed by atoms with Gasteiger partial charge in [-0.2, -0.15) is 0 Å². The summed E-state index contributed by atoms with van der Waals surface area (Å²) in [5, 5.41) is 0.663. The molecule has 0 saturated carbocycles. The molecule has 1 aliphatic rings. The predicted octanol–water partition coefficient (Wildman–Crippen LogP) is 1.45. The molecule has 1 saturated heterocycles. The van der Waals surface area contributed by atoms with E-state index in [-0.39, 0.29) is 5.56 Å². The molecule has 5 nitrogen and oxygen atoms in total. The van der Waals surface area contributed by atoms with E-state index in [1.807, 2.05) is 12.1 Å². The lowest BCUT2D eigenvalue weighted by atomic mass is 10.2. The van der Waals surface area contributed by atoms with Gasteiger partial charge < -0.3 is 9.88 Å². The summed E-state index contributed by atoms with van der Waals surface area (Å²) in [6, 6.07) is 6.53. The summed E-state index contributed by atoms with van der Waals surface area (Å²) in [7, 11) is 0. The van der Waals surface area contributed by atoms with E-state index in [4.69, 9.17) is 0 Å². The molecular weight excluding hydrogens is 252 g/mol. The van der Waals surface area contributed by atoms with E-state index in [1.165, 1.54) is 6.33 Å². The Morgan fingerprint density at radius 3 is 2.65 bits per heavy atom. The summed E-state index contributed by atoms with van der Waals surface area (Å²) in [6.45, 7) is 8.61. The molecule has 0 radical (unpaired) electrons. The normalized spacial score (nSPS) is 17.1. The Balaban J connectivity index is 1.85. The molecule has 5 heteroatoms. The topological polar surface area (TPSA) is 52.2 Å². The molecule has 1 fully saturated rings. The molecule has 3 rings (SSSR count). The summed E-state index contributed by atoms with van der Waals surface area (Å²) in [4.78, 5) is 23.5. The van der Waals surface area contributed by atoms with Gasteiger partial charge in [0.15, 0.2) is 0 Å². The van der Waals surface area contributed by atoms with Crippen molar-refractivity contribution in [3.63, 3.8) is 0 Å². The Bertz CT molecular complexity index is 656. The number of benzene rings is 1. The Labute approximate surface area is 118 Å². The van der Waals surface area contributed by atoms with Gasteiger partial charge in [0.05, 0.1) is 17.2 Å². The highest BCUT2D eigenvalue weighted by molar-refractivity contribution is 5.81. The highest BCUT2D eigenvalue weighted by Gasteiger charge is 2.19. The molecule has 0 amide bonds. The second-order valence-electron chi connectivity index (χ2n) is 5.55. The van der Waals surface area contributed by atoms with Crippen molar-refractivity contribution in [1.82, 2.24) is 14.9 Å². The van der Waals surface area contributed by atoms with Crippen LogP contribution in [0.3, 0.4) is 0 Å². The maximum absolute atomic E-state index is 11.8. The number of hydrogen-bond donors (Lipinski definition) is 1. The molecule has 1 N–H and O–H groups in total. The molecule has 0 unspecified atom stereocenters. The van der Waals surface area contributed by atoms with Gasteiger partial charge in [-0.05, 0) is 32.0 Å². The van der Waals surface area contributed by atoms with Crippen molar-refractivity contribution in [3.8, 4) is 0 Å². The van der Waals surface area contributed by atoms with Gasteiger partial charge in [0.2, 0.25) is 0 Å². The fourth-order valence-electron chi connectivity index (χ4n) is 2.75. The van der Waals surface area contributed by atoms with Crippen LogP contribution in [-0.2, 0) is 0 Å². The maximum Gasteiger partial charge on any atom is 0.258 e. The number of hydrogen-bond acceptors (Lipinski definition) is 4. The molecule has 20 heavy (non-hydrogen) atoms. The SMILES string of the molecule is CC(C)N1CCN(c2ccc3nc[nH]c(=O)c3c2)CC1. The highest BCUT2D eigenvalue weighted by atomic mass is 16.1. The number of H-pyrrole nitrogens is 1. The Morgan fingerprint density at radius 1 is 1.20 bits per heavy atom. The van der Waals surface area contributed by atoms with Gasteiger partial charge in [0, 0.05) is 37.9 Å². The van der Waals surface area contributed by atoms with Gasteiger partial charge in [-0.25, -0.2) is 4.98 Å². The zero-order chi connectivity index (χ0) is 14.1. The second kappa shape index (κ2) is 5.25. The molecular formula is C15H20N4O. The first-order valence-corrected chi connectivity index (χ1v) is 7.11. The zero-order valence-corrected chi connectivity index (χ0v) is 12.0. The fourth-order valence-corrected chi connectivity index (χ4v) is 2.75. The summed E-state index contributed by atoms with van der Waals surface area (Å²) in [5.74, 6) is 0. The van der Waals surface area contributed by atoms with Crippen LogP contribution < -0.4 is 10.5 Å². The van der Waals surface area contributed by atoms with Crippen LogP contribution in [0.4, 0.5) is 5.69 Å². The number of aromatic amines is 1. The molecule has 0 spiro atoms. The number of anilines is 1. The van der Waals surface area contributed by atoms with Crippen molar-refractivity contribution in [1.29, 1.82) is 0 Å². The lowest BCUT2D eigenvalue weighted by Crippen LogP contribution is -2.48. The molecule has 1 aromatic heterocycles. The molecule has 2 aromatic rings. The summed E-state index contributed by atoms with van der Waals surface area (Å²) >= 11 is 0. The monoisotopic (exact) mass is 272 g/mol. The zero-order valence-electron chi connectivity index (χ0n) is 12.0. The van der Waals surface area contributed by atoms with E-state index in [0.29, 0.717) is 11.4 Å². The van der Waals surface area contributed by atoms with Crippen LogP contribution in [0.2, 0.25) is 0 Å². The predicted molar refractivity (Wildman–Crippen MR) is 81.3 cm³/mol. The number of nitrogens with one attached hydrogen (secondary N) is 1. The number of fused-ring (bicyclic) bond motifs is 1. The van der Waals surface area contributed by atoms with Gasteiger partial charge in [-0.15, -0.1) is 0 Å². The quantitative estimate of drug-likeness (QED) is 0.899. The first kappa shape index (κ1) is 13.1. The van der Waals surface area contributed by atoms with Gasteiger partial charge in [-0.3, -0.25) is 9.69 Å². The lowest BCUT2D eigenvalue weighted by Gasteiger charge is -2.38. The number of aromatic nitrogens is 2. The van der Waals surface area contributed by atoms with Crippen LogP contribution in [0, 0.1) is 0 Å². The van der Waals surface area contributed by atoms with Crippen LogP contribution in [0.5, 0.6) is 0 Å². The van der Waals surface area contributed by atoms with Gasteiger partial charge in [0.25, 0.3) is 5.56 Å². The summed E-state index contributed by atoms with van der Waals surface area (Å²) in [5.41, 5.74) is 1.79. The highest BCUT2D eigenvalue weighted by Crippen LogP contribution is 2.20. The molecule has 106 valence electrons. The second-order valence-corrected chi connectivity index (χ2v) is 5.55. The van der Waals surface area contributed by atoms with Gasteiger partial charge >= 0.3 is 0 Å². The molecule has 1 aromatic carbocycles. The van der Waals surface area contributed by atoms with Crippen molar-refractivity contribution in [2.45, 2.75) is 19.9 Å². The van der Waals surface area contributed by atoms with Crippen molar-refractivity contribution >= 4 is 16.6 Å². The average molecular weight is 272 g/mol. The minimum Gasteiger partial charge on any atom is -0.369 e. The van der Waals surface area contributed by atoms with Crippen LogP contribution in [0.25, 0.3) is 10.9 Å². The van der Waals surface area contributed by atoms with Crippen molar-refractivity contribution < 1.29 is 0 Å². The number of rotatable bonds is 2. The number of piperazine rings is 1. The van der Waals surface area contributed by atoms with Gasteiger partial charge in [0.1, 0.15) is 0 Å². The van der Waals surface area contributed by atoms with Crippen LogP contribution in [0.15, 0.2) is 29.3 Å². The van der Waals surface area contributed by atoms with Crippen LogP contribution in [-0.4, -0.2) is 47.1 Å². The van der Waals surface area contributed by atoms with Crippen molar-refractivity contribution in [2.24, 2.45) is 0 Å². The Morgan fingerprint density at radius 2 is 1.95 bits per heavy atom. The van der Waals surface area contributed by atoms with Gasteiger partial charge in [-0.1, -0.05) is 0 Å². The summed E-state index contributed by atoms with van der Waals surface area (Å²) < 4.78 is 0. The lowest BCUT2D eigenvalue weighted by molar-refractivity contribution is 0.209. The Kier molecular flexibility index (Phi) is 3.44. The summed E-state index contributed by atoms with van der Waals surface area (Å²) in [6.07, 6.45) is 1.45. The average Bonchev–Trinajstić information content (AvgIpc) is 2.47. The van der Waals surface area contributed by atoms with Crippen molar-refractivity contribution in [2.75, 3.05) is 31.1 Å². The minimum atomic E-state index is -0.0716. The maximum atomic E-state index is 11.8. The van der Waals surface area contributed by atoms with E-state index in [1.54, 1.807) is 0 Å². The third-order valence-electron chi connectivity index (χ3n) is 4.03. The van der Waals surface area contributed by atoms with Crippen molar-refractivity contribution in [3.05, 3.63) is 34.9 Å². The van der Waals surface area contributed by atoms with E-state index in [0.717, 1.165) is 37.4 Å². The van der Waals surface area contributed by atoms with E-state index < -0.39 is 0 Å². The van der Waals surface area contributed by atoms with E-state index >= 15 is 0 Å². The molecule has 0 bridgehead atoms. The molecule has 0 atom stereocenters. The van der Waals surface area contributed by atoms with Crippen LogP contribution >= 0.6 is 0 Å². The molecule has 1 aliphatic heterocycles. The fraction of sp³-hybridized carbons (Fsp3) is 0.467. The number of nitrogens with zero attached hydrogens (tertiary/aromatic N) is 3. The molecule has 2 heterocycles. The van der Waals surface area contributed by atoms with Crippen LogP contribution in [0.1, 0.15) is 13.8 Å². The van der Waals surface area contributed by atoms with E-state index in [2.05, 4.69) is 39.7 Å².